The molecule has 0 atom stereocenters. The van der Waals surface area contributed by atoms with Gasteiger partial charge in [0, 0.05) is 37.6 Å². The summed E-state index contributed by atoms with van der Waals surface area (Å²) in [5, 5.41) is 6.42. The molecule has 0 bridgehead atoms. The van der Waals surface area contributed by atoms with Crippen molar-refractivity contribution in [3.63, 3.8) is 0 Å². The Morgan fingerprint density at radius 3 is 2.47 bits per heavy atom. The lowest BCUT2D eigenvalue weighted by Crippen LogP contribution is -2.38. The third-order valence-electron chi connectivity index (χ3n) is 4.97. The number of morpholine rings is 1. The molecule has 1 amide bonds. The average Bonchev–Trinajstić information content (AvgIpc) is 2.88. The molecule has 3 aromatic rings. The minimum Gasteiger partial charge on any atom is -0.384 e. The second-order valence-corrected chi connectivity index (χ2v) is 7.39. The van der Waals surface area contributed by atoms with E-state index in [2.05, 4.69) is 36.4 Å². The molecule has 1 aliphatic heterocycles. The summed E-state index contributed by atoms with van der Waals surface area (Å²) in [6.45, 7) is 3.32. The summed E-state index contributed by atoms with van der Waals surface area (Å²) in [5.41, 5.74) is 13.4. The highest BCUT2D eigenvalue weighted by Gasteiger charge is 2.18. The monoisotopic (exact) mass is 467 g/mol. The number of aromatic nitrogens is 3. The van der Waals surface area contributed by atoms with Gasteiger partial charge in [-0.1, -0.05) is 0 Å². The molecule has 1 fully saturated rings. The summed E-state index contributed by atoms with van der Waals surface area (Å²) >= 11 is 0. The fraction of sp³-hybridized carbons (Fsp3) is 0.273. The van der Waals surface area contributed by atoms with Gasteiger partial charge in [0.25, 0.3) is 5.91 Å². The number of nitrogens with two attached hydrogens (primary N) is 1. The number of nitrogens with zero attached hydrogens (tertiary/aromatic N) is 4. The molecule has 1 aromatic carbocycles. The number of hydrazine groups is 1. The van der Waals surface area contributed by atoms with Crippen LogP contribution in [0.5, 0.6) is 0 Å². The van der Waals surface area contributed by atoms with Crippen LogP contribution < -0.4 is 32.1 Å². The van der Waals surface area contributed by atoms with Crippen LogP contribution in [0.3, 0.4) is 0 Å². The summed E-state index contributed by atoms with van der Waals surface area (Å²) in [6, 6.07) is 11.1. The highest BCUT2D eigenvalue weighted by molar-refractivity contribution is 5.93. The first-order valence-electron chi connectivity index (χ1n) is 10.8. The van der Waals surface area contributed by atoms with E-state index < -0.39 is 11.7 Å². The highest BCUT2D eigenvalue weighted by Crippen LogP contribution is 2.19. The molecule has 1 aliphatic rings. The van der Waals surface area contributed by atoms with Crippen LogP contribution in [0.2, 0.25) is 0 Å². The molecule has 34 heavy (non-hydrogen) atoms. The van der Waals surface area contributed by atoms with Gasteiger partial charge in [-0.3, -0.25) is 15.6 Å². The molecule has 6 N–H and O–H groups in total. The molecule has 0 radical (unpaired) electrons. The van der Waals surface area contributed by atoms with Gasteiger partial charge in [-0.15, -0.1) is 0 Å². The van der Waals surface area contributed by atoms with Gasteiger partial charge in [-0.2, -0.15) is 4.98 Å². The molecule has 0 unspecified atom stereocenters. The predicted octanol–water partition coefficient (Wildman–Crippen LogP) is 1.72. The molecule has 3 heterocycles. The molecule has 12 heteroatoms. The van der Waals surface area contributed by atoms with E-state index in [4.69, 9.17) is 10.5 Å². The van der Waals surface area contributed by atoms with Crippen LogP contribution >= 0.6 is 0 Å². The number of hydrogen-bond acceptors (Lipinski definition) is 10. The van der Waals surface area contributed by atoms with Crippen LogP contribution in [-0.4, -0.2) is 60.3 Å². The van der Waals surface area contributed by atoms with Gasteiger partial charge >= 0.3 is 0 Å². The third-order valence-corrected chi connectivity index (χ3v) is 4.97. The van der Waals surface area contributed by atoms with Crippen LogP contribution in [-0.2, 0) is 4.74 Å². The van der Waals surface area contributed by atoms with Crippen molar-refractivity contribution < 1.29 is 13.9 Å². The van der Waals surface area contributed by atoms with Gasteiger partial charge in [0.2, 0.25) is 5.95 Å². The lowest BCUT2D eigenvalue weighted by Gasteiger charge is -2.28. The van der Waals surface area contributed by atoms with Crippen LogP contribution in [0.15, 0.2) is 48.8 Å². The first-order valence-corrected chi connectivity index (χ1v) is 10.8. The average molecular weight is 468 g/mol. The van der Waals surface area contributed by atoms with Crippen molar-refractivity contribution in [1.29, 1.82) is 0 Å². The molecular weight excluding hydrogens is 441 g/mol. The molecule has 0 aliphatic carbocycles. The van der Waals surface area contributed by atoms with Crippen molar-refractivity contribution in [3.05, 3.63) is 60.3 Å². The molecular formula is C22H26FN9O2. The SMILES string of the molecule is NCCNc1ccc(Nc2ccc(C(=O)NNc3ncc(F)c(N4CCOCC4)n3)nc2)cc1. The van der Waals surface area contributed by atoms with Gasteiger partial charge in [-0.05, 0) is 36.4 Å². The summed E-state index contributed by atoms with van der Waals surface area (Å²) in [6.07, 6.45) is 2.62. The normalized spacial score (nSPS) is 13.3. The maximum Gasteiger partial charge on any atom is 0.288 e. The van der Waals surface area contributed by atoms with Gasteiger partial charge in [0.15, 0.2) is 11.6 Å². The number of carbonyl (C=O) groups is 1. The summed E-state index contributed by atoms with van der Waals surface area (Å²) < 4.78 is 19.4. The van der Waals surface area contributed by atoms with Crippen molar-refractivity contribution in [2.45, 2.75) is 0 Å². The Balaban J connectivity index is 1.31. The number of nitrogens with one attached hydrogen (secondary N) is 4. The number of anilines is 5. The Hall–Kier alpha value is -4.03. The maximum atomic E-state index is 14.1. The number of rotatable bonds is 9. The Morgan fingerprint density at radius 2 is 1.76 bits per heavy atom. The zero-order valence-corrected chi connectivity index (χ0v) is 18.4. The van der Waals surface area contributed by atoms with E-state index in [0.29, 0.717) is 39.4 Å². The van der Waals surface area contributed by atoms with Gasteiger partial charge in [0.05, 0.1) is 31.3 Å². The van der Waals surface area contributed by atoms with Gasteiger partial charge in [-0.25, -0.2) is 14.4 Å². The second-order valence-electron chi connectivity index (χ2n) is 7.39. The Labute approximate surface area is 195 Å². The smallest absolute Gasteiger partial charge is 0.288 e. The zero-order valence-electron chi connectivity index (χ0n) is 18.4. The summed E-state index contributed by atoms with van der Waals surface area (Å²) in [4.78, 5) is 26.4. The van der Waals surface area contributed by atoms with E-state index in [0.717, 1.165) is 23.3 Å². The number of ether oxygens (including phenoxy) is 1. The molecule has 178 valence electrons. The first kappa shape index (κ1) is 23.1. The molecule has 4 rings (SSSR count). The maximum absolute atomic E-state index is 14.1. The predicted molar refractivity (Wildman–Crippen MR) is 128 cm³/mol. The van der Waals surface area contributed by atoms with Crippen molar-refractivity contribution in [2.75, 3.05) is 60.4 Å². The van der Waals surface area contributed by atoms with E-state index in [1.54, 1.807) is 23.2 Å². The number of hydrogen-bond donors (Lipinski definition) is 5. The standard InChI is InChI=1S/C22H26FN9O2/c23-18-14-27-22(29-20(18)32-9-11-34-12-10-32)31-30-21(33)19-6-5-17(13-26-19)28-16-3-1-15(2-4-16)25-8-7-24/h1-6,13-14,25,28H,7-12,24H2,(H,30,33)(H,27,29,31). The van der Waals surface area contributed by atoms with Crippen molar-refractivity contribution in [2.24, 2.45) is 5.73 Å². The Morgan fingerprint density at radius 1 is 1.03 bits per heavy atom. The van der Waals surface area contributed by atoms with Crippen LogP contribution in [0.1, 0.15) is 10.5 Å². The minimum absolute atomic E-state index is 0.0685. The first-order chi connectivity index (χ1) is 16.6. The molecule has 11 nitrogen and oxygen atoms in total. The lowest BCUT2D eigenvalue weighted by atomic mass is 10.2. The third kappa shape index (κ3) is 6.05. The molecule has 0 spiro atoms. The topological polar surface area (TPSA) is 142 Å². The van der Waals surface area contributed by atoms with E-state index in [1.165, 1.54) is 0 Å². The van der Waals surface area contributed by atoms with Gasteiger partial charge < -0.3 is 26.0 Å². The van der Waals surface area contributed by atoms with Crippen molar-refractivity contribution >= 4 is 34.7 Å². The zero-order chi connectivity index (χ0) is 23.8. The van der Waals surface area contributed by atoms with E-state index in [9.17, 15) is 9.18 Å². The quantitative estimate of drug-likeness (QED) is 0.295. The number of pyridine rings is 1. The molecule has 2 aromatic heterocycles. The summed E-state index contributed by atoms with van der Waals surface area (Å²) in [7, 11) is 0. The van der Waals surface area contributed by atoms with Crippen LogP contribution in [0.4, 0.5) is 33.2 Å². The number of carbonyl (C=O) groups excluding carboxylic acids is 1. The fourth-order valence-electron chi connectivity index (χ4n) is 3.25. The highest BCUT2D eigenvalue weighted by atomic mass is 19.1. The van der Waals surface area contributed by atoms with Gasteiger partial charge in [0.1, 0.15) is 5.69 Å². The second kappa shape index (κ2) is 11.2. The lowest BCUT2D eigenvalue weighted by molar-refractivity contribution is 0.0957. The minimum atomic E-state index is -0.537. The van der Waals surface area contributed by atoms with E-state index in [1.807, 2.05) is 24.3 Å². The Kier molecular flexibility index (Phi) is 7.63. The largest absolute Gasteiger partial charge is 0.384 e. The number of benzene rings is 1. The number of amides is 1. The van der Waals surface area contributed by atoms with Crippen LogP contribution in [0.25, 0.3) is 0 Å². The van der Waals surface area contributed by atoms with Crippen molar-refractivity contribution in [1.82, 2.24) is 20.4 Å². The molecule has 0 saturated carbocycles. The Bertz CT molecular complexity index is 1090. The van der Waals surface area contributed by atoms with E-state index in [-0.39, 0.29) is 17.5 Å². The molecule has 1 saturated heterocycles. The number of halogens is 1. The van der Waals surface area contributed by atoms with Crippen molar-refractivity contribution in [3.8, 4) is 0 Å². The fourth-order valence-corrected chi connectivity index (χ4v) is 3.25. The summed E-state index contributed by atoms with van der Waals surface area (Å²) in [5.74, 6) is -0.793. The van der Waals surface area contributed by atoms with Crippen LogP contribution in [0, 0.1) is 5.82 Å². The van der Waals surface area contributed by atoms with E-state index >= 15 is 0 Å².